The van der Waals surface area contributed by atoms with Crippen molar-refractivity contribution in [2.24, 2.45) is 0 Å². The molecule has 0 bridgehead atoms. The van der Waals surface area contributed by atoms with Crippen LogP contribution in [0.5, 0.6) is 0 Å². The Labute approximate surface area is 121 Å². The van der Waals surface area contributed by atoms with Crippen LogP contribution < -0.4 is 5.32 Å². The van der Waals surface area contributed by atoms with Crippen LogP contribution in [0.4, 0.5) is 5.69 Å². The number of hydrogen-bond donors (Lipinski definition) is 1. The number of benzene rings is 1. The summed E-state index contributed by atoms with van der Waals surface area (Å²) in [7, 11) is 2.10. The highest BCUT2D eigenvalue weighted by atomic mass is 16.2. The molecule has 1 aliphatic heterocycles. The number of rotatable bonds is 4. The lowest BCUT2D eigenvalue weighted by molar-refractivity contribution is 0.0665. The van der Waals surface area contributed by atoms with E-state index in [-0.39, 0.29) is 5.91 Å². The van der Waals surface area contributed by atoms with E-state index in [1.54, 1.807) is 0 Å². The van der Waals surface area contributed by atoms with Crippen molar-refractivity contribution in [1.82, 2.24) is 9.80 Å². The third kappa shape index (κ3) is 3.51. The quantitative estimate of drug-likeness (QED) is 0.915. The molecule has 1 N–H and O–H groups in total. The predicted molar refractivity (Wildman–Crippen MR) is 83.4 cm³/mol. The predicted octanol–water partition coefficient (Wildman–Crippen LogP) is 2.20. The Bertz CT molecular complexity index is 465. The molecule has 0 unspecified atom stereocenters. The zero-order chi connectivity index (χ0) is 14.5. The number of piperazine rings is 1. The van der Waals surface area contributed by atoms with E-state index in [1.807, 2.05) is 17.0 Å². The zero-order valence-corrected chi connectivity index (χ0v) is 12.8. The highest BCUT2D eigenvalue weighted by Crippen LogP contribution is 2.20. The molecule has 0 radical (unpaired) electrons. The molecule has 1 heterocycles. The molecule has 1 amide bonds. The molecule has 110 valence electrons. The van der Waals surface area contributed by atoms with Crippen LogP contribution in [-0.4, -0.2) is 55.5 Å². The molecule has 4 heteroatoms. The minimum Gasteiger partial charge on any atom is -0.384 e. The number of carbonyl (C=O) groups is 1. The van der Waals surface area contributed by atoms with Gasteiger partial charge in [0.15, 0.2) is 0 Å². The number of nitrogens with zero attached hydrogens (tertiary/aromatic N) is 2. The minimum absolute atomic E-state index is 0.150. The second-order valence-corrected chi connectivity index (χ2v) is 5.57. The van der Waals surface area contributed by atoms with Gasteiger partial charge in [0, 0.05) is 38.4 Å². The van der Waals surface area contributed by atoms with E-state index in [2.05, 4.69) is 37.2 Å². The van der Waals surface area contributed by atoms with Crippen LogP contribution in [0.2, 0.25) is 0 Å². The van der Waals surface area contributed by atoms with Gasteiger partial charge in [-0.05, 0) is 38.1 Å². The molecule has 1 saturated heterocycles. The molecule has 1 aromatic rings. The summed E-state index contributed by atoms with van der Waals surface area (Å²) in [5, 5.41) is 3.37. The lowest BCUT2D eigenvalue weighted by atomic mass is 10.1. The van der Waals surface area contributed by atoms with Crippen LogP contribution in [0, 0.1) is 6.92 Å². The molecule has 0 saturated carbocycles. The average molecular weight is 275 g/mol. The Morgan fingerprint density at radius 2 is 1.95 bits per heavy atom. The normalized spacial score (nSPS) is 16.2. The van der Waals surface area contributed by atoms with E-state index < -0.39 is 0 Å². The van der Waals surface area contributed by atoms with Crippen molar-refractivity contribution >= 4 is 11.6 Å². The van der Waals surface area contributed by atoms with Crippen molar-refractivity contribution in [3.05, 3.63) is 29.3 Å². The summed E-state index contributed by atoms with van der Waals surface area (Å²) < 4.78 is 0. The topological polar surface area (TPSA) is 35.6 Å². The first-order chi connectivity index (χ1) is 9.61. The third-order valence-corrected chi connectivity index (χ3v) is 3.76. The fraction of sp³-hybridized carbons (Fsp3) is 0.562. The molecule has 0 aliphatic carbocycles. The van der Waals surface area contributed by atoms with Crippen LogP contribution in [-0.2, 0) is 0 Å². The fourth-order valence-electron chi connectivity index (χ4n) is 2.43. The Kier molecular flexibility index (Phi) is 5.01. The summed E-state index contributed by atoms with van der Waals surface area (Å²) in [6, 6.07) is 6.04. The smallest absolute Gasteiger partial charge is 0.256 e. The number of hydrogen-bond acceptors (Lipinski definition) is 3. The van der Waals surface area contributed by atoms with Crippen molar-refractivity contribution < 1.29 is 4.79 Å². The van der Waals surface area contributed by atoms with Gasteiger partial charge in [-0.1, -0.05) is 13.0 Å². The maximum absolute atomic E-state index is 12.7. The van der Waals surface area contributed by atoms with Crippen molar-refractivity contribution in [3.63, 3.8) is 0 Å². The van der Waals surface area contributed by atoms with Crippen LogP contribution in [0.15, 0.2) is 18.2 Å². The first-order valence-electron chi connectivity index (χ1n) is 7.44. The highest BCUT2D eigenvalue weighted by Gasteiger charge is 2.22. The third-order valence-electron chi connectivity index (χ3n) is 3.76. The van der Waals surface area contributed by atoms with Crippen LogP contribution >= 0.6 is 0 Å². The first-order valence-corrected chi connectivity index (χ1v) is 7.44. The molecule has 20 heavy (non-hydrogen) atoms. The SMILES string of the molecule is CCCNc1cc(C)ccc1C(=O)N1CCN(C)CC1. The van der Waals surface area contributed by atoms with Gasteiger partial charge in [-0.15, -0.1) is 0 Å². The maximum Gasteiger partial charge on any atom is 0.256 e. The van der Waals surface area contributed by atoms with Crippen molar-refractivity contribution in [2.75, 3.05) is 45.1 Å². The second-order valence-electron chi connectivity index (χ2n) is 5.57. The average Bonchev–Trinajstić information content (AvgIpc) is 2.45. The van der Waals surface area contributed by atoms with E-state index in [0.29, 0.717) is 0 Å². The molecular weight excluding hydrogens is 250 g/mol. The van der Waals surface area contributed by atoms with Gasteiger partial charge in [-0.2, -0.15) is 0 Å². The Morgan fingerprint density at radius 3 is 2.60 bits per heavy atom. The molecule has 0 aromatic heterocycles. The number of amides is 1. The molecule has 0 spiro atoms. The molecule has 4 nitrogen and oxygen atoms in total. The van der Waals surface area contributed by atoms with Crippen LogP contribution in [0.1, 0.15) is 29.3 Å². The second kappa shape index (κ2) is 6.75. The number of anilines is 1. The highest BCUT2D eigenvalue weighted by molar-refractivity contribution is 5.99. The summed E-state index contributed by atoms with van der Waals surface area (Å²) >= 11 is 0. The standard InChI is InChI=1S/C16H25N3O/c1-4-7-17-15-12-13(2)5-6-14(15)16(20)19-10-8-18(3)9-11-19/h5-6,12,17H,4,7-11H2,1-3H3. The molecule has 2 rings (SSSR count). The van der Waals surface area contributed by atoms with E-state index in [1.165, 1.54) is 5.56 Å². The van der Waals surface area contributed by atoms with E-state index in [4.69, 9.17) is 0 Å². The molecule has 1 aromatic carbocycles. The van der Waals surface area contributed by atoms with Gasteiger partial charge in [0.1, 0.15) is 0 Å². The summed E-state index contributed by atoms with van der Waals surface area (Å²) in [4.78, 5) is 16.9. The molecule has 0 atom stereocenters. The Balaban J connectivity index is 2.16. The van der Waals surface area contributed by atoms with Gasteiger partial charge in [0.05, 0.1) is 5.56 Å². The Hall–Kier alpha value is -1.55. The van der Waals surface area contributed by atoms with Gasteiger partial charge in [0.2, 0.25) is 0 Å². The number of likely N-dealkylation sites (N-methyl/N-ethyl adjacent to an activating group) is 1. The van der Waals surface area contributed by atoms with Gasteiger partial charge in [0.25, 0.3) is 5.91 Å². The zero-order valence-electron chi connectivity index (χ0n) is 12.8. The van der Waals surface area contributed by atoms with Crippen molar-refractivity contribution in [3.8, 4) is 0 Å². The van der Waals surface area contributed by atoms with E-state index in [0.717, 1.165) is 50.4 Å². The van der Waals surface area contributed by atoms with Crippen molar-refractivity contribution in [1.29, 1.82) is 0 Å². The maximum atomic E-state index is 12.7. The van der Waals surface area contributed by atoms with E-state index in [9.17, 15) is 4.79 Å². The molecular formula is C16H25N3O. The fourth-order valence-corrected chi connectivity index (χ4v) is 2.43. The van der Waals surface area contributed by atoms with Gasteiger partial charge in [-0.3, -0.25) is 4.79 Å². The van der Waals surface area contributed by atoms with Crippen molar-refractivity contribution in [2.45, 2.75) is 20.3 Å². The number of carbonyl (C=O) groups excluding carboxylic acids is 1. The lowest BCUT2D eigenvalue weighted by Gasteiger charge is -2.33. The molecule has 1 aliphatic rings. The summed E-state index contributed by atoms with van der Waals surface area (Å²) in [6.45, 7) is 8.62. The number of nitrogens with one attached hydrogen (secondary N) is 1. The van der Waals surface area contributed by atoms with Crippen LogP contribution in [0.3, 0.4) is 0 Å². The monoisotopic (exact) mass is 275 g/mol. The summed E-state index contributed by atoms with van der Waals surface area (Å²) in [6.07, 6.45) is 1.05. The van der Waals surface area contributed by atoms with Crippen LogP contribution in [0.25, 0.3) is 0 Å². The van der Waals surface area contributed by atoms with Gasteiger partial charge in [-0.25, -0.2) is 0 Å². The largest absolute Gasteiger partial charge is 0.384 e. The lowest BCUT2D eigenvalue weighted by Crippen LogP contribution is -2.47. The molecule has 1 fully saturated rings. The summed E-state index contributed by atoms with van der Waals surface area (Å²) in [5.41, 5.74) is 2.95. The van der Waals surface area contributed by atoms with E-state index >= 15 is 0 Å². The van der Waals surface area contributed by atoms with Gasteiger partial charge < -0.3 is 15.1 Å². The first kappa shape index (κ1) is 14.9. The minimum atomic E-state index is 0.150. The van der Waals surface area contributed by atoms with Gasteiger partial charge >= 0.3 is 0 Å². The Morgan fingerprint density at radius 1 is 1.25 bits per heavy atom. The number of aryl methyl sites for hydroxylation is 1. The summed E-state index contributed by atoms with van der Waals surface area (Å²) in [5.74, 6) is 0.150.